The maximum atomic E-state index is 10.8. The lowest BCUT2D eigenvalue weighted by Crippen LogP contribution is -1.96. The molecule has 0 saturated heterocycles. The van der Waals surface area contributed by atoms with E-state index in [0.29, 0.717) is 11.3 Å². The molecule has 4 heteroatoms. The van der Waals surface area contributed by atoms with Gasteiger partial charge in [-0.25, -0.2) is 4.99 Å². The van der Waals surface area contributed by atoms with Crippen LogP contribution in [0.4, 0.5) is 5.69 Å². The standard InChI is InChI=1S/C7H7N3O/c1-9-7(11)5-2-6(8)4-10-3-5/h2-4H,1,8H2. The molecule has 0 aliphatic heterocycles. The molecule has 0 unspecified atom stereocenters. The normalized spacial score (nSPS) is 9.09. The van der Waals surface area contributed by atoms with Gasteiger partial charge in [-0.2, -0.15) is 0 Å². The van der Waals surface area contributed by atoms with Crippen LogP contribution in [0.15, 0.2) is 23.5 Å². The van der Waals surface area contributed by atoms with E-state index >= 15 is 0 Å². The lowest BCUT2D eigenvalue weighted by Gasteiger charge is -1.94. The molecule has 1 rings (SSSR count). The zero-order valence-corrected chi connectivity index (χ0v) is 5.82. The summed E-state index contributed by atoms with van der Waals surface area (Å²) in [7, 11) is 0. The molecule has 1 aromatic rings. The monoisotopic (exact) mass is 149 g/mol. The van der Waals surface area contributed by atoms with Gasteiger partial charge in [0.2, 0.25) is 0 Å². The number of anilines is 1. The molecular weight excluding hydrogens is 142 g/mol. The van der Waals surface area contributed by atoms with Gasteiger partial charge < -0.3 is 5.73 Å². The van der Waals surface area contributed by atoms with Crippen LogP contribution < -0.4 is 5.73 Å². The first kappa shape index (κ1) is 7.40. The van der Waals surface area contributed by atoms with Gasteiger partial charge in [0.15, 0.2) is 0 Å². The number of pyridine rings is 1. The van der Waals surface area contributed by atoms with Gasteiger partial charge in [-0.1, -0.05) is 0 Å². The second-order valence-electron chi connectivity index (χ2n) is 1.97. The van der Waals surface area contributed by atoms with E-state index in [0.717, 1.165) is 0 Å². The van der Waals surface area contributed by atoms with Crippen LogP contribution in [0.2, 0.25) is 0 Å². The molecule has 0 aliphatic carbocycles. The Bertz CT molecular complexity index is 295. The van der Waals surface area contributed by atoms with Crippen LogP contribution in [0.5, 0.6) is 0 Å². The van der Waals surface area contributed by atoms with Gasteiger partial charge in [0.1, 0.15) is 0 Å². The van der Waals surface area contributed by atoms with Gasteiger partial charge in [0, 0.05) is 12.4 Å². The third kappa shape index (κ3) is 1.61. The highest BCUT2D eigenvalue weighted by Crippen LogP contribution is 2.04. The summed E-state index contributed by atoms with van der Waals surface area (Å²) in [5.74, 6) is -0.412. The molecule has 0 aliphatic rings. The van der Waals surface area contributed by atoms with Crippen LogP contribution in [-0.4, -0.2) is 17.6 Å². The number of carbonyl (C=O) groups excluding carboxylic acids is 1. The highest BCUT2D eigenvalue weighted by molar-refractivity contribution is 5.97. The molecule has 11 heavy (non-hydrogen) atoms. The topological polar surface area (TPSA) is 68.3 Å². The molecule has 1 amide bonds. The van der Waals surface area contributed by atoms with Gasteiger partial charge in [-0.05, 0) is 12.8 Å². The number of carbonyl (C=O) groups is 1. The van der Waals surface area contributed by atoms with Crippen molar-refractivity contribution in [1.82, 2.24) is 4.98 Å². The molecule has 2 N–H and O–H groups in total. The summed E-state index contributed by atoms with van der Waals surface area (Å²) in [6.45, 7) is 3.10. The number of nitrogens with two attached hydrogens (primary N) is 1. The summed E-state index contributed by atoms with van der Waals surface area (Å²) in [4.78, 5) is 17.8. The van der Waals surface area contributed by atoms with E-state index < -0.39 is 5.91 Å². The molecule has 0 fully saturated rings. The summed E-state index contributed by atoms with van der Waals surface area (Å²) >= 11 is 0. The van der Waals surface area contributed by atoms with Crippen LogP contribution in [0, 0.1) is 0 Å². The fourth-order valence-corrected chi connectivity index (χ4v) is 0.666. The molecular formula is C7H7N3O. The van der Waals surface area contributed by atoms with E-state index in [9.17, 15) is 4.79 Å². The van der Waals surface area contributed by atoms with Gasteiger partial charge in [0.25, 0.3) is 5.91 Å². The largest absolute Gasteiger partial charge is 0.397 e. The van der Waals surface area contributed by atoms with Crippen molar-refractivity contribution in [2.45, 2.75) is 0 Å². The van der Waals surface area contributed by atoms with Crippen LogP contribution in [-0.2, 0) is 0 Å². The number of nitrogens with zero attached hydrogens (tertiary/aromatic N) is 2. The number of nitrogen functional groups attached to an aromatic ring is 1. The van der Waals surface area contributed by atoms with Crippen molar-refractivity contribution in [3.05, 3.63) is 24.0 Å². The molecule has 1 heterocycles. The number of amides is 1. The van der Waals surface area contributed by atoms with E-state index in [4.69, 9.17) is 5.73 Å². The van der Waals surface area contributed by atoms with Gasteiger partial charge >= 0.3 is 0 Å². The fourth-order valence-electron chi connectivity index (χ4n) is 0.666. The number of hydrogen-bond donors (Lipinski definition) is 1. The minimum Gasteiger partial charge on any atom is -0.397 e. The van der Waals surface area contributed by atoms with Gasteiger partial charge in [-0.15, -0.1) is 0 Å². The van der Waals surface area contributed by atoms with Crippen LogP contribution in [0.3, 0.4) is 0 Å². The molecule has 0 saturated carbocycles. The molecule has 0 spiro atoms. The fraction of sp³-hybridized carbons (Fsp3) is 0. The lowest BCUT2D eigenvalue weighted by molar-refractivity contribution is 0.100. The third-order valence-corrected chi connectivity index (χ3v) is 1.15. The first-order valence-corrected chi connectivity index (χ1v) is 2.95. The highest BCUT2D eigenvalue weighted by Gasteiger charge is 2.01. The average Bonchev–Trinajstić information content (AvgIpc) is 2.03. The average molecular weight is 149 g/mol. The Balaban J connectivity index is 3.05. The Morgan fingerprint density at radius 3 is 2.91 bits per heavy atom. The summed E-state index contributed by atoms with van der Waals surface area (Å²) in [6.07, 6.45) is 2.85. The Morgan fingerprint density at radius 1 is 1.64 bits per heavy atom. The molecule has 0 aromatic carbocycles. The molecule has 0 atom stereocenters. The van der Waals surface area contributed by atoms with Crippen LogP contribution in [0.1, 0.15) is 10.4 Å². The number of aromatic nitrogens is 1. The van der Waals surface area contributed by atoms with E-state index in [2.05, 4.69) is 16.7 Å². The lowest BCUT2D eigenvalue weighted by atomic mass is 10.2. The van der Waals surface area contributed by atoms with Crippen molar-refractivity contribution in [1.29, 1.82) is 0 Å². The minimum atomic E-state index is -0.412. The maximum Gasteiger partial charge on any atom is 0.278 e. The third-order valence-electron chi connectivity index (χ3n) is 1.15. The Kier molecular flexibility index (Phi) is 1.96. The Labute approximate surface area is 63.8 Å². The predicted molar refractivity (Wildman–Crippen MR) is 42.5 cm³/mol. The van der Waals surface area contributed by atoms with Gasteiger partial charge in [0.05, 0.1) is 11.3 Å². The molecule has 56 valence electrons. The first-order valence-electron chi connectivity index (χ1n) is 2.95. The maximum absolute atomic E-state index is 10.8. The smallest absolute Gasteiger partial charge is 0.278 e. The van der Waals surface area contributed by atoms with E-state index in [1.165, 1.54) is 18.5 Å². The zero-order valence-electron chi connectivity index (χ0n) is 5.82. The van der Waals surface area contributed by atoms with E-state index in [-0.39, 0.29) is 0 Å². The molecule has 1 aromatic heterocycles. The van der Waals surface area contributed by atoms with Crippen molar-refractivity contribution >= 4 is 18.3 Å². The van der Waals surface area contributed by atoms with Crippen LogP contribution >= 0.6 is 0 Å². The quantitative estimate of drug-likeness (QED) is 0.591. The summed E-state index contributed by atoms with van der Waals surface area (Å²) < 4.78 is 0. The second kappa shape index (κ2) is 2.92. The number of hydrogen-bond acceptors (Lipinski definition) is 3. The minimum absolute atomic E-state index is 0.361. The Hall–Kier alpha value is -1.71. The SMILES string of the molecule is C=NC(=O)c1cncc(N)c1. The van der Waals surface area contributed by atoms with Crippen molar-refractivity contribution in [3.63, 3.8) is 0 Å². The zero-order chi connectivity index (χ0) is 8.27. The van der Waals surface area contributed by atoms with Crippen molar-refractivity contribution in [2.24, 2.45) is 4.99 Å². The van der Waals surface area contributed by atoms with Crippen LogP contribution in [0.25, 0.3) is 0 Å². The molecule has 4 nitrogen and oxygen atoms in total. The van der Waals surface area contributed by atoms with Crippen molar-refractivity contribution < 1.29 is 4.79 Å². The van der Waals surface area contributed by atoms with Crippen molar-refractivity contribution in [2.75, 3.05) is 5.73 Å². The van der Waals surface area contributed by atoms with E-state index in [1.807, 2.05) is 0 Å². The predicted octanol–water partition coefficient (Wildman–Crippen LogP) is 0.505. The van der Waals surface area contributed by atoms with E-state index in [1.54, 1.807) is 0 Å². The summed E-state index contributed by atoms with van der Waals surface area (Å²) in [6, 6.07) is 1.50. The number of rotatable bonds is 1. The number of aliphatic imine (C=N–C) groups is 1. The first-order chi connectivity index (χ1) is 5.24. The summed E-state index contributed by atoms with van der Waals surface area (Å²) in [5, 5.41) is 0. The molecule has 0 radical (unpaired) electrons. The molecule has 0 bridgehead atoms. The Morgan fingerprint density at radius 2 is 2.36 bits per heavy atom. The second-order valence-corrected chi connectivity index (χ2v) is 1.97. The highest BCUT2D eigenvalue weighted by atomic mass is 16.1. The summed E-state index contributed by atoms with van der Waals surface area (Å²) in [5.41, 5.74) is 6.18. The van der Waals surface area contributed by atoms with Crippen molar-refractivity contribution in [3.8, 4) is 0 Å². The van der Waals surface area contributed by atoms with Gasteiger partial charge in [-0.3, -0.25) is 9.78 Å².